The summed E-state index contributed by atoms with van der Waals surface area (Å²) in [5.41, 5.74) is 0.478. The first-order valence-electron chi connectivity index (χ1n) is 8.58. The summed E-state index contributed by atoms with van der Waals surface area (Å²) in [5.74, 6) is -0.422. The van der Waals surface area contributed by atoms with E-state index in [1.807, 2.05) is 0 Å². The molecular weight excluding hydrogens is 339 g/mol. The van der Waals surface area contributed by atoms with Crippen LogP contribution in [0.25, 0.3) is 0 Å². The molecule has 0 radical (unpaired) electrons. The summed E-state index contributed by atoms with van der Waals surface area (Å²) in [6.07, 6.45) is 7.43. The molecule has 3 rings (SSSR count). The van der Waals surface area contributed by atoms with Gasteiger partial charge in [-0.3, -0.25) is 14.3 Å². The first-order chi connectivity index (χ1) is 12.6. The van der Waals surface area contributed by atoms with Crippen LogP contribution >= 0.6 is 0 Å². The van der Waals surface area contributed by atoms with Crippen LogP contribution in [0.3, 0.4) is 0 Å². The molecule has 0 atom stereocenters. The van der Waals surface area contributed by atoms with E-state index >= 15 is 0 Å². The number of nitrogens with one attached hydrogen (secondary N) is 2. The van der Waals surface area contributed by atoms with Crippen LogP contribution in [0.1, 0.15) is 25.7 Å². The number of carbonyl (C=O) groups excluding carboxylic acids is 2. The molecule has 1 aliphatic rings. The van der Waals surface area contributed by atoms with Crippen molar-refractivity contribution in [2.45, 2.75) is 38.3 Å². The maximum atomic E-state index is 12.8. The highest BCUT2D eigenvalue weighted by Crippen LogP contribution is 2.17. The summed E-state index contributed by atoms with van der Waals surface area (Å²) in [6.45, 7) is -0.0998. The third kappa shape index (κ3) is 5.30. The van der Waals surface area contributed by atoms with Crippen LogP contribution in [0.15, 0.2) is 36.7 Å². The molecule has 7 nitrogen and oxygen atoms in total. The maximum absolute atomic E-state index is 12.8. The van der Waals surface area contributed by atoms with Crippen LogP contribution in [0.2, 0.25) is 0 Å². The fraction of sp³-hybridized carbons (Fsp3) is 0.389. The SMILES string of the molecule is O=C(COc1ccc(F)cc1)Nc1cnn(CC(=O)NC2CCCC2)c1. The number of anilines is 1. The Morgan fingerprint density at radius 2 is 1.92 bits per heavy atom. The van der Waals surface area contributed by atoms with E-state index in [4.69, 9.17) is 4.74 Å². The predicted molar refractivity (Wildman–Crippen MR) is 93.2 cm³/mol. The van der Waals surface area contributed by atoms with E-state index in [0.717, 1.165) is 25.7 Å². The summed E-state index contributed by atoms with van der Waals surface area (Å²) in [7, 11) is 0. The molecule has 0 bridgehead atoms. The van der Waals surface area contributed by atoms with Crippen molar-refractivity contribution in [3.63, 3.8) is 0 Å². The predicted octanol–water partition coefficient (Wildman–Crippen LogP) is 2.10. The summed E-state index contributed by atoms with van der Waals surface area (Å²) < 4.78 is 19.6. The van der Waals surface area contributed by atoms with Gasteiger partial charge in [-0.2, -0.15) is 5.10 Å². The van der Waals surface area contributed by atoms with E-state index < -0.39 is 0 Å². The molecule has 1 saturated carbocycles. The van der Waals surface area contributed by atoms with Gasteiger partial charge in [0, 0.05) is 12.2 Å². The number of benzene rings is 1. The van der Waals surface area contributed by atoms with E-state index in [2.05, 4.69) is 15.7 Å². The van der Waals surface area contributed by atoms with Gasteiger partial charge in [0.1, 0.15) is 18.1 Å². The Morgan fingerprint density at radius 3 is 2.65 bits per heavy atom. The van der Waals surface area contributed by atoms with Crippen molar-refractivity contribution in [1.29, 1.82) is 0 Å². The topological polar surface area (TPSA) is 85.2 Å². The lowest BCUT2D eigenvalue weighted by molar-refractivity contribution is -0.122. The highest BCUT2D eigenvalue weighted by atomic mass is 19.1. The van der Waals surface area contributed by atoms with Crippen molar-refractivity contribution in [2.75, 3.05) is 11.9 Å². The van der Waals surface area contributed by atoms with Crippen LogP contribution < -0.4 is 15.4 Å². The minimum absolute atomic E-state index is 0.0856. The Morgan fingerprint density at radius 1 is 1.19 bits per heavy atom. The normalized spacial score (nSPS) is 14.2. The lowest BCUT2D eigenvalue weighted by Gasteiger charge is -2.11. The van der Waals surface area contributed by atoms with Gasteiger partial charge < -0.3 is 15.4 Å². The first-order valence-corrected chi connectivity index (χ1v) is 8.58. The van der Waals surface area contributed by atoms with Gasteiger partial charge in [0.25, 0.3) is 5.91 Å². The molecule has 1 aromatic carbocycles. The van der Waals surface area contributed by atoms with Crippen molar-refractivity contribution >= 4 is 17.5 Å². The highest BCUT2D eigenvalue weighted by Gasteiger charge is 2.17. The molecule has 2 amide bonds. The van der Waals surface area contributed by atoms with Gasteiger partial charge in [0.2, 0.25) is 5.91 Å². The van der Waals surface area contributed by atoms with Crippen LogP contribution in [0.5, 0.6) is 5.75 Å². The number of rotatable bonds is 7. The van der Waals surface area contributed by atoms with Crippen molar-refractivity contribution in [3.05, 3.63) is 42.5 Å². The zero-order chi connectivity index (χ0) is 18.4. The third-order valence-electron chi connectivity index (χ3n) is 4.13. The molecule has 0 spiro atoms. The highest BCUT2D eigenvalue weighted by molar-refractivity contribution is 5.91. The molecule has 1 aliphatic carbocycles. The summed E-state index contributed by atoms with van der Waals surface area (Å²) in [5, 5.41) is 9.69. The van der Waals surface area contributed by atoms with Crippen molar-refractivity contribution in [3.8, 4) is 5.75 Å². The van der Waals surface area contributed by atoms with E-state index in [1.165, 1.54) is 35.1 Å². The van der Waals surface area contributed by atoms with Crippen LogP contribution in [-0.4, -0.2) is 34.2 Å². The Kier molecular flexibility index (Phi) is 5.83. The Hall–Kier alpha value is -2.90. The fourth-order valence-electron chi connectivity index (χ4n) is 2.88. The summed E-state index contributed by atoms with van der Waals surface area (Å²) >= 11 is 0. The summed E-state index contributed by atoms with van der Waals surface area (Å²) in [4.78, 5) is 23.9. The lowest BCUT2D eigenvalue weighted by Crippen LogP contribution is -2.35. The average molecular weight is 360 g/mol. The zero-order valence-electron chi connectivity index (χ0n) is 14.3. The molecule has 0 saturated heterocycles. The Bertz CT molecular complexity index is 754. The molecule has 1 fully saturated rings. The monoisotopic (exact) mass is 360 g/mol. The quantitative estimate of drug-likeness (QED) is 0.792. The molecule has 138 valence electrons. The molecule has 2 N–H and O–H groups in total. The van der Waals surface area contributed by atoms with Crippen molar-refractivity contribution < 1.29 is 18.7 Å². The first kappa shape index (κ1) is 17.9. The van der Waals surface area contributed by atoms with Gasteiger partial charge in [-0.15, -0.1) is 0 Å². The molecule has 8 heteroatoms. The molecular formula is C18H21FN4O3. The zero-order valence-corrected chi connectivity index (χ0v) is 14.3. The minimum Gasteiger partial charge on any atom is -0.484 e. The van der Waals surface area contributed by atoms with E-state index in [0.29, 0.717) is 11.4 Å². The number of carbonyl (C=O) groups is 2. The standard InChI is InChI=1S/C18H21FN4O3/c19-13-5-7-16(8-6-13)26-12-18(25)22-15-9-20-23(10-15)11-17(24)21-14-3-1-2-4-14/h5-10,14H,1-4,11-12H2,(H,21,24)(H,22,25). The number of halogens is 1. The number of hydrogen-bond donors (Lipinski definition) is 2. The summed E-state index contributed by atoms with van der Waals surface area (Å²) in [6, 6.07) is 5.68. The van der Waals surface area contributed by atoms with Gasteiger partial charge >= 0.3 is 0 Å². The molecule has 2 aromatic rings. The number of amides is 2. The molecule has 1 heterocycles. The Balaban J connectivity index is 1.42. The van der Waals surface area contributed by atoms with Crippen LogP contribution in [0.4, 0.5) is 10.1 Å². The van der Waals surface area contributed by atoms with E-state index in [9.17, 15) is 14.0 Å². The fourth-order valence-corrected chi connectivity index (χ4v) is 2.88. The average Bonchev–Trinajstić information content (AvgIpc) is 3.26. The van der Waals surface area contributed by atoms with Gasteiger partial charge in [-0.25, -0.2) is 4.39 Å². The molecule has 1 aromatic heterocycles. The van der Waals surface area contributed by atoms with Gasteiger partial charge in [-0.05, 0) is 37.1 Å². The molecule has 0 aliphatic heterocycles. The lowest BCUT2D eigenvalue weighted by atomic mass is 10.2. The van der Waals surface area contributed by atoms with Gasteiger partial charge in [-0.1, -0.05) is 12.8 Å². The van der Waals surface area contributed by atoms with E-state index in [1.54, 1.807) is 6.20 Å². The second-order valence-electron chi connectivity index (χ2n) is 6.27. The Labute approximate surface area is 150 Å². The number of hydrogen-bond acceptors (Lipinski definition) is 4. The van der Waals surface area contributed by atoms with Gasteiger partial charge in [0.15, 0.2) is 6.61 Å². The van der Waals surface area contributed by atoms with Gasteiger partial charge in [0.05, 0.1) is 11.9 Å². The van der Waals surface area contributed by atoms with Crippen LogP contribution in [-0.2, 0) is 16.1 Å². The van der Waals surface area contributed by atoms with Crippen LogP contribution in [0, 0.1) is 5.82 Å². The van der Waals surface area contributed by atoms with Crippen molar-refractivity contribution in [2.24, 2.45) is 0 Å². The second kappa shape index (κ2) is 8.46. The largest absolute Gasteiger partial charge is 0.484 e. The minimum atomic E-state index is -0.371. The maximum Gasteiger partial charge on any atom is 0.262 e. The second-order valence-corrected chi connectivity index (χ2v) is 6.27. The molecule has 26 heavy (non-hydrogen) atoms. The smallest absolute Gasteiger partial charge is 0.262 e. The number of ether oxygens (including phenoxy) is 1. The molecule has 0 unspecified atom stereocenters. The van der Waals surface area contributed by atoms with Crippen molar-refractivity contribution in [1.82, 2.24) is 15.1 Å². The van der Waals surface area contributed by atoms with E-state index in [-0.39, 0.29) is 36.8 Å². The third-order valence-corrected chi connectivity index (χ3v) is 4.13. The number of aromatic nitrogens is 2. The number of nitrogens with zero attached hydrogens (tertiary/aromatic N) is 2.